The molecule has 1 heterocycles. The van der Waals surface area contributed by atoms with Crippen molar-refractivity contribution in [3.8, 4) is 0 Å². The fourth-order valence-electron chi connectivity index (χ4n) is 3.00. The van der Waals surface area contributed by atoms with Crippen LogP contribution in [-0.4, -0.2) is 43.1 Å². The summed E-state index contributed by atoms with van der Waals surface area (Å²) in [6.07, 6.45) is 1.35. The zero-order chi connectivity index (χ0) is 15.1. The van der Waals surface area contributed by atoms with Gasteiger partial charge < -0.3 is 19.9 Å². The van der Waals surface area contributed by atoms with Gasteiger partial charge in [-0.25, -0.2) is 0 Å². The van der Waals surface area contributed by atoms with Crippen LogP contribution in [0.25, 0.3) is 0 Å². The van der Waals surface area contributed by atoms with E-state index in [-0.39, 0.29) is 24.9 Å². The van der Waals surface area contributed by atoms with Crippen molar-refractivity contribution in [3.05, 3.63) is 35.9 Å². The molecule has 1 aromatic rings. The number of benzene rings is 1. The molecule has 0 saturated carbocycles. The van der Waals surface area contributed by atoms with Crippen LogP contribution in [0, 0.1) is 5.92 Å². The molecule has 0 aromatic heterocycles. The summed E-state index contributed by atoms with van der Waals surface area (Å²) in [6.45, 7) is 6.30. The molecular formula is C17H27NO3. The quantitative estimate of drug-likeness (QED) is 0.807. The molecule has 2 N–H and O–H groups in total. The largest absolute Gasteiger partial charge is 0.395 e. The van der Waals surface area contributed by atoms with Gasteiger partial charge in [0.05, 0.1) is 38.1 Å². The molecule has 118 valence electrons. The van der Waals surface area contributed by atoms with Crippen LogP contribution in [0.5, 0.6) is 0 Å². The Hall–Kier alpha value is -0.940. The van der Waals surface area contributed by atoms with Gasteiger partial charge in [-0.2, -0.15) is 0 Å². The van der Waals surface area contributed by atoms with Crippen molar-refractivity contribution in [3.63, 3.8) is 0 Å². The monoisotopic (exact) mass is 293 g/mol. The van der Waals surface area contributed by atoms with Crippen molar-refractivity contribution in [2.24, 2.45) is 5.92 Å². The Bertz CT molecular complexity index is 398. The van der Waals surface area contributed by atoms with Gasteiger partial charge in [-0.1, -0.05) is 44.2 Å². The third-order valence-corrected chi connectivity index (χ3v) is 4.20. The number of aliphatic hydroxyl groups is 1. The van der Waals surface area contributed by atoms with E-state index in [1.54, 1.807) is 0 Å². The summed E-state index contributed by atoms with van der Waals surface area (Å²) >= 11 is 0. The molecule has 0 bridgehead atoms. The maximum absolute atomic E-state index is 9.01. The molecule has 0 aliphatic carbocycles. The number of nitrogens with one attached hydrogen (secondary N) is 1. The highest BCUT2D eigenvalue weighted by molar-refractivity contribution is 5.13. The highest BCUT2D eigenvalue weighted by Gasteiger charge is 2.37. The average molecular weight is 293 g/mol. The molecule has 1 aliphatic heterocycles. The van der Waals surface area contributed by atoms with Crippen LogP contribution in [0.3, 0.4) is 0 Å². The molecule has 0 radical (unpaired) electrons. The normalized spacial score (nSPS) is 29.5. The van der Waals surface area contributed by atoms with Gasteiger partial charge in [0.25, 0.3) is 0 Å². The van der Waals surface area contributed by atoms with E-state index in [2.05, 4.69) is 31.3 Å². The van der Waals surface area contributed by atoms with Crippen molar-refractivity contribution in [2.45, 2.75) is 45.1 Å². The number of hydrogen-bond acceptors (Lipinski definition) is 4. The Labute approximate surface area is 127 Å². The molecule has 0 unspecified atom stereocenters. The van der Waals surface area contributed by atoms with Crippen molar-refractivity contribution in [1.29, 1.82) is 0 Å². The van der Waals surface area contributed by atoms with Gasteiger partial charge in [0.2, 0.25) is 0 Å². The van der Waals surface area contributed by atoms with Gasteiger partial charge in [0, 0.05) is 12.5 Å². The van der Waals surface area contributed by atoms with Gasteiger partial charge in [-0.3, -0.25) is 0 Å². The summed E-state index contributed by atoms with van der Waals surface area (Å²) < 4.78 is 12.1. The third-order valence-electron chi connectivity index (χ3n) is 4.20. The molecular weight excluding hydrogens is 266 g/mol. The zero-order valence-electron chi connectivity index (χ0n) is 13.0. The molecule has 21 heavy (non-hydrogen) atoms. The Morgan fingerprint density at radius 3 is 2.76 bits per heavy atom. The first-order valence-electron chi connectivity index (χ1n) is 7.87. The average Bonchev–Trinajstić information content (AvgIpc) is 2.53. The van der Waals surface area contributed by atoms with Gasteiger partial charge in [-0.15, -0.1) is 0 Å². The smallest absolute Gasteiger partial charge is 0.0805 e. The van der Waals surface area contributed by atoms with Crippen LogP contribution in [0.2, 0.25) is 0 Å². The minimum absolute atomic E-state index is 0.107. The van der Waals surface area contributed by atoms with E-state index in [4.69, 9.17) is 14.6 Å². The summed E-state index contributed by atoms with van der Waals surface area (Å²) in [6, 6.07) is 10.4. The molecule has 1 saturated heterocycles. The minimum Gasteiger partial charge on any atom is -0.395 e. The molecule has 0 amide bonds. The van der Waals surface area contributed by atoms with Gasteiger partial charge in [0.1, 0.15) is 0 Å². The van der Waals surface area contributed by atoms with Crippen LogP contribution in [0.1, 0.15) is 25.8 Å². The number of aliphatic hydroxyl groups excluding tert-OH is 1. The Balaban J connectivity index is 1.98. The van der Waals surface area contributed by atoms with Crippen molar-refractivity contribution >= 4 is 0 Å². The second-order valence-electron chi connectivity index (χ2n) is 5.68. The topological polar surface area (TPSA) is 50.7 Å². The zero-order valence-corrected chi connectivity index (χ0v) is 13.0. The fraction of sp³-hybridized carbons (Fsp3) is 0.647. The minimum atomic E-state index is 0.107. The highest BCUT2D eigenvalue weighted by atomic mass is 16.5. The van der Waals surface area contributed by atoms with Crippen molar-refractivity contribution < 1.29 is 14.6 Å². The van der Waals surface area contributed by atoms with Crippen LogP contribution in [0.4, 0.5) is 0 Å². The van der Waals surface area contributed by atoms with E-state index in [0.29, 0.717) is 25.7 Å². The lowest BCUT2D eigenvalue weighted by Crippen LogP contribution is -2.55. The lowest BCUT2D eigenvalue weighted by Gasteiger charge is -2.41. The van der Waals surface area contributed by atoms with Crippen LogP contribution in [-0.2, 0) is 16.1 Å². The molecule has 4 heteroatoms. The highest BCUT2D eigenvalue weighted by Crippen LogP contribution is 2.26. The Morgan fingerprint density at radius 2 is 2.10 bits per heavy atom. The molecule has 4 nitrogen and oxygen atoms in total. The van der Waals surface area contributed by atoms with Crippen LogP contribution in [0.15, 0.2) is 30.3 Å². The first kappa shape index (κ1) is 16.4. The number of hydrogen-bond donors (Lipinski definition) is 2. The second-order valence-corrected chi connectivity index (χ2v) is 5.68. The predicted octanol–water partition coefficient (Wildman–Crippen LogP) is 1.97. The Morgan fingerprint density at radius 1 is 1.33 bits per heavy atom. The summed E-state index contributed by atoms with van der Waals surface area (Å²) in [5.74, 6) is 0.337. The van der Waals surface area contributed by atoms with Crippen LogP contribution >= 0.6 is 0 Å². The molecule has 4 atom stereocenters. The van der Waals surface area contributed by atoms with E-state index in [0.717, 1.165) is 6.42 Å². The maximum Gasteiger partial charge on any atom is 0.0805 e. The lowest BCUT2D eigenvalue weighted by molar-refractivity contribution is -0.135. The van der Waals surface area contributed by atoms with E-state index in [9.17, 15) is 0 Å². The molecule has 0 spiro atoms. The first-order chi connectivity index (χ1) is 10.3. The van der Waals surface area contributed by atoms with Crippen molar-refractivity contribution in [2.75, 3.05) is 19.8 Å². The number of rotatable bonds is 7. The number of ether oxygens (including phenoxy) is 2. The third kappa shape index (κ3) is 4.51. The summed E-state index contributed by atoms with van der Waals surface area (Å²) in [5, 5.41) is 12.3. The molecule has 1 aliphatic rings. The Kier molecular flexibility index (Phi) is 6.64. The standard InChI is InChI=1S/C17H27NO3/c1-3-16-13(2)17(15(12-20-16)18-9-10-19)21-11-14-7-5-4-6-8-14/h4-8,13,15-19H,3,9-12H2,1-2H3/t13-,15+,16+,17-/m0/s1. The fourth-order valence-corrected chi connectivity index (χ4v) is 3.00. The van der Waals surface area contributed by atoms with Crippen molar-refractivity contribution in [1.82, 2.24) is 5.32 Å². The molecule has 1 aromatic carbocycles. The van der Waals surface area contributed by atoms with Gasteiger partial charge >= 0.3 is 0 Å². The van der Waals surface area contributed by atoms with Gasteiger partial charge in [-0.05, 0) is 12.0 Å². The SMILES string of the molecule is CC[C@H]1OC[C@@H](NCCO)[C@@H](OCc2ccccc2)[C@H]1C. The molecule has 1 fully saturated rings. The van der Waals surface area contributed by atoms with E-state index in [1.807, 2.05) is 18.2 Å². The first-order valence-corrected chi connectivity index (χ1v) is 7.87. The molecule has 2 rings (SSSR count). The second kappa shape index (κ2) is 8.49. The predicted molar refractivity (Wildman–Crippen MR) is 83.1 cm³/mol. The summed E-state index contributed by atoms with van der Waals surface area (Å²) in [5.41, 5.74) is 1.19. The van der Waals surface area contributed by atoms with Crippen LogP contribution < -0.4 is 5.32 Å². The summed E-state index contributed by atoms with van der Waals surface area (Å²) in [7, 11) is 0. The van der Waals surface area contributed by atoms with Gasteiger partial charge in [0.15, 0.2) is 0 Å². The van der Waals surface area contributed by atoms with E-state index in [1.165, 1.54) is 5.56 Å². The van der Waals surface area contributed by atoms with E-state index >= 15 is 0 Å². The lowest BCUT2D eigenvalue weighted by atomic mass is 9.88. The van der Waals surface area contributed by atoms with E-state index < -0.39 is 0 Å². The maximum atomic E-state index is 9.01. The summed E-state index contributed by atoms with van der Waals surface area (Å²) in [4.78, 5) is 0.